The number of carbonyl (C=O) groups excluding carboxylic acids is 1. The predicted molar refractivity (Wildman–Crippen MR) is 113 cm³/mol. The predicted octanol–water partition coefficient (Wildman–Crippen LogP) is 3.39. The van der Waals surface area contributed by atoms with Crippen LogP contribution in [0.1, 0.15) is 24.8 Å². The first-order valence-electron chi connectivity index (χ1n) is 9.97. The van der Waals surface area contributed by atoms with Gasteiger partial charge in [0.25, 0.3) is 0 Å². The molecule has 0 saturated carbocycles. The highest BCUT2D eigenvalue weighted by molar-refractivity contribution is 5.80. The number of methoxy groups -OCH3 is 1. The Morgan fingerprint density at radius 1 is 1.14 bits per heavy atom. The number of likely N-dealkylation sites (tertiary alicyclic amines) is 1. The van der Waals surface area contributed by atoms with Crippen molar-refractivity contribution in [3.05, 3.63) is 66.4 Å². The van der Waals surface area contributed by atoms with Crippen LogP contribution in [0, 0.1) is 0 Å². The molecule has 1 aromatic heterocycles. The number of amides is 1. The van der Waals surface area contributed by atoms with Crippen molar-refractivity contribution in [2.45, 2.75) is 31.8 Å². The number of carbonyl (C=O) groups is 1. The van der Waals surface area contributed by atoms with E-state index < -0.39 is 0 Å². The van der Waals surface area contributed by atoms with Crippen LogP contribution in [0.5, 0.6) is 5.75 Å². The zero-order valence-electron chi connectivity index (χ0n) is 16.6. The van der Waals surface area contributed by atoms with Gasteiger partial charge in [0, 0.05) is 23.9 Å². The van der Waals surface area contributed by atoms with Crippen LogP contribution in [0.3, 0.4) is 0 Å². The van der Waals surface area contributed by atoms with Gasteiger partial charge in [0.1, 0.15) is 5.75 Å². The molecule has 0 spiro atoms. The van der Waals surface area contributed by atoms with Gasteiger partial charge in [0.15, 0.2) is 0 Å². The first-order chi connectivity index (χ1) is 14.2. The first kappa shape index (κ1) is 19.2. The van der Waals surface area contributed by atoms with Gasteiger partial charge in [0.05, 0.1) is 24.5 Å². The van der Waals surface area contributed by atoms with E-state index in [1.807, 2.05) is 59.3 Å². The van der Waals surface area contributed by atoms with Gasteiger partial charge in [-0.05, 0) is 55.8 Å². The summed E-state index contributed by atoms with van der Waals surface area (Å²) in [5.41, 5.74) is 9.67. The highest BCUT2D eigenvalue weighted by atomic mass is 16.5. The van der Waals surface area contributed by atoms with Crippen LogP contribution in [0.15, 0.2) is 60.8 Å². The third-order valence-corrected chi connectivity index (χ3v) is 5.49. The smallest absolute Gasteiger partial charge is 0.234 e. The van der Waals surface area contributed by atoms with Crippen LogP contribution in [0.25, 0.3) is 16.9 Å². The van der Waals surface area contributed by atoms with Gasteiger partial charge in [-0.3, -0.25) is 9.69 Å². The average Bonchev–Trinajstić information content (AvgIpc) is 3.18. The van der Waals surface area contributed by atoms with Gasteiger partial charge in [-0.15, -0.1) is 0 Å². The van der Waals surface area contributed by atoms with E-state index in [4.69, 9.17) is 15.6 Å². The lowest BCUT2D eigenvalue weighted by molar-refractivity contribution is -0.124. The fourth-order valence-corrected chi connectivity index (χ4v) is 3.95. The summed E-state index contributed by atoms with van der Waals surface area (Å²) in [6, 6.07) is 17.7. The second kappa shape index (κ2) is 8.49. The summed E-state index contributed by atoms with van der Waals surface area (Å²) in [6.45, 7) is 1.51. The quantitative estimate of drug-likeness (QED) is 0.700. The molecule has 1 saturated heterocycles. The zero-order valence-corrected chi connectivity index (χ0v) is 16.6. The summed E-state index contributed by atoms with van der Waals surface area (Å²) in [5, 5.41) is 4.87. The number of hydrogen-bond acceptors (Lipinski definition) is 4. The van der Waals surface area contributed by atoms with E-state index in [1.54, 1.807) is 7.11 Å². The Morgan fingerprint density at radius 2 is 1.90 bits per heavy atom. The molecule has 6 heteroatoms. The van der Waals surface area contributed by atoms with Crippen molar-refractivity contribution in [2.75, 3.05) is 13.7 Å². The lowest BCUT2D eigenvalue weighted by Gasteiger charge is -2.33. The average molecular weight is 390 g/mol. The summed E-state index contributed by atoms with van der Waals surface area (Å²) < 4.78 is 7.19. The number of aromatic nitrogens is 2. The van der Waals surface area contributed by atoms with E-state index in [1.165, 1.54) is 0 Å². The molecule has 2 aromatic carbocycles. The van der Waals surface area contributed by atoms with E-state index in [2.05, 4.69) is 11.1 Å². The molecule has 150 valence electrons. The SMILES string of the molecule is COc1ccc(-c2nn(-c3ccccc3)cc2CN2CCCC[C@@H]2C(N)=O)cc1. The molecule has 1 aliphatic heterocycles. The largest absolute Gasteiger partial charge is 0.497 e. The minimum atomic E-state index is -0.244. The molecule has 0 unspecified atom stereocenters. The van der Waals surface area contributed by atoms with Crippen molar-refractivity contribution in [1.29, 1.82) is 0 Å². The number of para-hydroxylation sites is 1. The van der Waals surface area contributed by atoms with Gasteiger partial charge in [-0.1, -0.05) is 24.6 Å². The normalized spacial score (nSPS) is 17.2. The van der Waals surface area contributed by atoms with E-state index in [9.17, 15) is 4.79 Å². The molecule has 1 atom stereocenters. The topological polar surface area (TPSA) is 73.4 Å². The van der Waals surface area contributed by atoms with Gasteiger partial charge in [-0.25, -0.2) is 4.68 Å². The van der Waals surface area contributed by atoms with Crippen molar-refractivity contribution < 1.29 is 9.53 Å². The van der Waals surface area contributed by atoms with Gasteiger partial charge in [-0.2, -0.15) is 5.10 Å². The Kier molecular flexibility index (Phi) is 5.62. The number of ether oxygens (including phenoxy) is 1. The van der Waals surface area contributed by atoms with Crippen molar-refractivity contribution >= 4 is 5.91 Å². The Labute approximate surface area is 170 Å². The standard InChI is InChI=1S/C23H26N4O2/c1-29-20-12-10-17(11-13-20)22-18(15-26-14-6-5-9-21(26)23(24)28)16-27(25-22)19-7-3-2-4-8-19/h2-4,7-8,10-13,16,21H,5-6,9,14-15H2,1H3,(H2,24,28)/t21-/m1/s1. The number of nitrogens with two attached hydrogens (primary N) is 1. The molecule has 0 radical (unpaired) electrons. The second-order valence-corrected chi connectivity index (χ2v) is 7.40. The summed E-state index contributed by atoms with van der Waals surface area (Å²) in [7, 11) is 1.66. The molecule has 1 aliphatic rings. The Hall–Kier alpha value is -3.12. The summed E-state index contributed by atoms with van der Waals surface area (Å²) >= 11 is 0. The van der Waals surface area contributed by atoms with Crippen LogP contribution in [-0.4, -0.2) is 40.3 Å². The van der Waals surface area contributed by atoms with Gasteiger partial charge >= 0.3 is 0 Å². The summed E-state index contributed by atoms with van der Waals surface area (Å²) in [5.74, 6) is 0.564. The van der Waals surface area contributed by atoms with Crippen molar-refractivity contribution in [2.24, 2.45) is 5.73 Å². The van der Waals surface area contributed by atoms with E-state index in [-0.39, 0.29) is 11.9 Å². The lowest BCUT2D eigenvalue weighted by atomic mass is 10.00. The molecule has 4 rings (SSSR count). The van der Waals surface area contributed by atoms with E-state index in [0.29, 0.717) is 6.54 Å². The third kappa shape index (κ3) is 4.17. The maximum absolute atomic E-state index is 12.0. The molecule has 2 N–H and O–H groups in total. The monoisotopic (exact) mass is 390 g/mol. The molecular weight excluding hydrogens is 364 g/mol. The maximum atomic E-state index is 12.0. The number of rotatable bonds is 6. The van der Waals surface area contributed by atoms with E-state index in [0.717, 1.165) is 54.1 Å². The van der Waals surface area contributed by atoms with Crippen molar-refractivity contribution in [3.63, 3.8) is 0 Å². The Balaban J connectivity index is 1.72. The van der Waals surface area contributed by atoms with Gasteiger partial charge < -0.3 is 10.5 Å². The molecular formula is C23H26N4O2. The molecule has 0 bridgehead atoms. The first-order valence-corrected chi connectivity index (χ1v) is 9.97. The fraction of sp³-hybridized carbons (Fsp3) is 0.304. The molecule has 2 heterocycles. The molecule has 6 nitrogen and oxygen atoms in total. The molecule has 1 amide bonds. The van der Waals surface area contributed by atoms with Crippen LogP contribution in [-0.2, 0) is 11.3 Å². The van der Waals surface area contributed by atoms with Crippen molar-refractivity contribution in [3.8, 4) is 22.7 Å². The minimum Gasteiger partial charge on any atom is -0.497 e. The number of hydrogen-bond donors (Lipinski definition) is 1. The molecule has 29 heavy (non-hydrogen) atoms. The van der Waals surface area contributed by atoms with Crippen LogP contribution < -0.4 is 10.5 Å². The van der Waals surface area contributed by atoms with Gasteiger partial charge in [0.2, 0.25) is 5.91 Å². The third-order valence-electron chi connectivity index (χ3n) is 5.49. The zero-order chi connectivity index (χ0) is 20.2. The Bertz CT molecular complexity index is 966. The Morgan fingerprint density at radius 3 is 2.59 bits per heavy atom. The number of piperidine rings is 1. The number of benzene rings is 2. The van der Waals surface area contributed by atoms with Crippen LogP contribution in [0.2, 0.25) is 0 Å². The maximum Gasteiger partial charge on any atom is 0.234 e. The second-order valence-electron chi connectivity index (χ2n) is 7.40. The molecule has 3 aromatic rings. The van der Waals surface area contributed by atoms with Crippen LogP contribution >= 0.6 is 0 Å². The lowest BCUT2D eigenvalue weighted by Crippen LogP contribution is -2.47. The number of primary amides is 1. The van der Waals surface area contributed by atoms with Crippen molar-refractivity contribution in [1.82, 2.24) is 14.7 Å². The van der Waals surface area contributed by atoms with Crippen LogP contribution in [0.4, 0.5) is 0 Å². The minimum absolute atomic E-state index is 0.215. The highest BCUT2D eigenvalue weighted by Crippen LogP contribution is 2.28. The fourth-order valence-electron chi connectivity index (χ4n) is 3.95. The van der Waals surface area contributed by atoms with E-state index >= 15 is 0 Å². The summed E-state index contributed by atoms with van der Waals surface area (Å²) in [6.07, 6.45) is 4.99. The summed E-state index contributed by atoms with van der Waals surface area (Å²) in [4.78, 5) is 14.1. The molecule has 1 fully saturated rings. The highest BCUT2D eigenvalue weighted by Gasteiger charge is 2.28. The number of nitrogens with zero attached hydrogens (tertiary/aromatic N) is 3. The molecule has 0 aliphatic carbocycles.